The molecular weight excluding hydrogens is 258 g/mol. The Morgan fingerprint density at radius 2 is 2.00 bits per heavy atom. The summed E-state index contributed by atoms with van der Waals surface area (Å²) in [6, 6.07) is 5.58. The monoisotopic (exact) mass is 277 g/mol. The van der Waals surface area contributed by atoms with Gasteiger partial charge in [0, 0.05) is 0 Å². The van der Waals surface area contributed by atoms with E-state index < -0.39 is 17.4 Å². The number of aryl methyl sites for hydroxylation is 2. The number of carbonyl (C=O) groups excluding carboxylic acids is 1. The number of carboxylic acid groups (broad SMARTS) is 1. The number of rotatable bonds is 5. The molecule has 2 rings (SSSR count). The Labute approximate surface area is 117 Å². The van der Waals surface area contributed by atoms with E-state index in [0.29, 0.717) is 18.6 Å². The number of carboxylic acids is 1. The summed E-state index contributed by atoms with van der Waals surface area (Å²) in [6.45, 7) is 3.80. The summed E-state index contributed by atoms with van der Waals surface area (Å²) in [5, 5.41) is 11.7. The Kier molecular flexibility index (Phi) is 3.97. The second-order valence-corrected chi connectivity index (χ2v) is 5.32. The van der Waals surface area contributed by atoms with Crippen LogP contribution in [0.4, 0.5) is 0 Å². The third-order valence-corrected chi connectivity index (χ3v) is 3.84. The summed E-state index contributed by atoms with van der Waals surface area (Å²) in [5.74, 6) is -0.755. The van der Waals surface area contributed by atoms with Crippen molar-refractivity contribution >= 4 is 11.9 Å². The SMILES string of the molecule is Cc1ccc(OCC(=O)NC2(C(=O)O)CCC2)cc1C. The quantitative estimate of drug-likeness (QED) is 0.860. The highest BCUT2D eigenvalue weighted by molar-refractivity contribution is 5.88. The average Bonchev–Trinajstić information content (AvgIpc) is 2.35. The zero-order valence-corrected chi connectivity index (χ0v) is 11.7. The Balaban J connectivity index is 1.89. The number of benzene rings is 1. The summed E-state index contributed by atoms with van der Waals surface area (Å²) in [6.07, 6.45) is 1.79. The molecule has 5 nitrogen and oxygen atoms in total. The van der Waals surface area contributed by atoms with Crippen molar-refractivity contribution in [3.05, 3.63) is 29.3 Å². The lowest BCUT2D eigenvalue weighted by Crippen LogP contribution is -2.59. The first-order valence-electron chi connectivity index (χ1n) is 6.67. The Hall–Kier alpha value is -2.04. The third-order valence-electron chi connectivity index (χ3n) is 3.84. The highest BCUT2D eigenvalue weighted by Gasteiger charge is 2.45. The first-order valence-corrected chi connectivity index (χ1v) is 6.67. The lowest BCUT2D eigenvalue weighted by atomic mass is 9.77. The van der Waals surface area contributed by atoms with Crippen molar-refractivity contribution in [3.8, 4) is 5.75 Å². The molecule has 1 aliphatic carbocycles. The number of ether oxygens (including phenoxy) is 1. The fourth-order valence-corrected chi connectivity index (χ4v) is 2.18. The van der Waals surface area contributed by atoms with E-state index >= 15 is 0 Å². The van der Waals surface area contributed by atoms with E-state index in [2.05, 4.69) is 5.32 Å². The van der Waals surface area contributed by atoms with Gasteiger partial charge in [-0.2, -0.15) is 0 Å². The number of nitrogens with one attached hydrogen (secondary N) is 1. The van der Waals surface area contributed by atoms with Crippen molar-refractivity contribution in [2.24, 2.45) is 0 Å². The molecule has 2 N–H and O–H groups in total. The Bertz CT molecular complexity index is 535. The maximum Gasteiger partial charge on any atom is 0.329 e. The smallest absolute Gasteiger partial charge is 0.329 e. The van der Waals surface area contributed by atoms with Gasteiger partial charge in [0.2, 0.25) is 0 Å². The molecule has 0 saturated heterocycles. The van der Waals surface area contributed by atoms with Gasteiger partial charge in [0.15, 0.2) is 6.61 Å². The van der Waals surface area contributed by atoms with Crippen molar-refractivity contribution in [1.29, 1.82) is 0 Å². The predicted octanol–water partition coefficient (Wildman–Crippen LogP) is 1.81. The number of aliphatic carboxylic acids is 1. The first-order chi connectivity index (χ1) is 9.43. The highest BCUT2D eigenvalue weighted by atomic mass is 16.5. The molecule has 20 heavy (non-hydrogen) atoms. The fraction of sp³-hybridized carbons (Fsp3) is 0.467. The summed E-state index contributed by atoms with van der Waals surface area (Å²) < 4.78 is 5.39. The minimum Gasteiger partial charge on any atom is -0.484 e. The summed E-state index contributed by atoms with van der Waals surface area (Å²) >= 11 is 0. The van der Waals surface area contributed by atoms with Gasteiger partial charge in [-0.25, -0.2) is 4.79 Å². The van der Waals surface area contributed by atoms with Crippen molar-refractivity contribution in [1.82, 2.24) is 5.32 Å². The van der Waals surface area contributed by atoms with Crippen LogP contribution in [0.1, 0.15) is 30.4 Å². The Morgan fingerprint density at radius 1 is 1.30 bits per heavy atom. The molecular formula is C15H19NO4. The van der Waals surface area contributed by atoms with E-state index in [0.717, 1.165) is 17.5 Å². The Morgan fingerprint density at radius 3 is 2.50 bits per heavy atom. The van der Waals surface area contributed by atoms with E-state index in [1.165, 1.54) is 0 Å². The van der Waals surface area contributed by atoms with Crippen LogP contribution in [0.2, 0.25) is 0 Å². The minimum atomic E-state index is -1.08. The van der Waals surface area contributed by atoms with Gasteiger partial charge in [-0.1, -0.05) is 6.07 Å². The van der Waals surface area contributed by atoms with Gasteiger partial charge in [-0.05, 0) is 56.4 Å². The van der Waals surface area contributed by atoms with Crippen molar-refractivity contribution in [2.75, 3.05) is 6.61 Å². The molecule has 108 valence electrons. The van der Waals surface area contributed by atoms with E-state index in [1.807, 2.05) is 26.0 Å². The van der Waals surface area contributed by atoms with Crippen LogP contribution in [0.3, 0.4) is 0 Å². The molecule has 0 spiro atoms. The van der Waals surface area contributed by atoms with Gasteiger partial charge in [0.05, 0.1) is 0 Å². The van der Waals surface area contributed by atoms with Gasteiger partial charge in [-0.15, -0.1) is 0 Å². The second-order valence-electron chi connectivity index (χ2n) is 5.32. The molecule has 1 aromatic rings. The molecule has 1 aliphatic rings. The van der Waals surface area contributed by atoms with E-state index in [-0.39, 0.29) is 6.61 Å². The molecule has 1 fully saturated rings. The molecule has 1 aromatic carbocycles. The third kappa shape index (κ3) is 2.92. The zero-order chi connectivity index (χ0) is 14.8. The highest BCUT2D eigenvalue weighted by Crippen LogP contribution is 2.31. The molecule has 0 atom stereocenters. The van der Waals surface area contributed by atoms with E-state index in [1.54, 1.807) is 6.07 Å². The van der Waals surface area contributed by atoms with Crippen molar-refractivity contribution in [3.63, 3.8) is 0 Å². The van der Waals surface area contributed by atoms with Crippen LogP contribution in [0.15, 0.2) is 18.2 Å². The summed E-state index contributed by atoms with van der Waals surface area (Å²) in [4.78, 5) is 22.9. The molecule has 1 saturated carbocycles. The number of amides is 1. The second kappa shape index (κ2) is 5.53. The fourth-order valence-electron chi connectivity index (χ4n) is 2.18. The zero-order valence-electron chi connectivity index (χ0n) is 11.7. The molecule has 0 bridgehead atoms. The van der Waals surface area contributed by atoms with Crippen LogP contribution >= 0.6 is 0 Å². The van der Waals surface area contributed by atoms with Crippen LogP contribution in [-0.2, 0) is 9.59 Å². The summed E-state index contributed by atoms with van der Waals surface area (Å²) in [7, 11) is 0. The molecule has 1 amide bonds. The number of hydrogen-bond donors (Lipinski definition) is 2. The molecule has 5 heteroatoms. The molecule has 0 aromatic heterocycles. The lowest BCUT2D eigenvalue weighted by Gasteiger charge is -2.38. The van der Waals surface area contributed by atoms with Crippen molar-refractivity contribution < 1.29 is 19.4 Å². The molecule has 0 unspecified atom stereocenters. The van der Waals surface area contributed by atoms with E-state index in [4.69, 9.17) is 9.84 Å². The molecule has 0 heterocycles. The standard InChI is InChI=1S/C15H19NO4/c1-10-4-5-12(8-11(10)2)20-9-13(17)16-15(14(18)19)6-3-7-15/h4-5,8H,3,6-7,9H2,1-2H3,(H,16,17)(H,18,19). The van der Waals surface area contributed by atoms with Crippen LogP contribution < -0.4 is 10.1 Å². The normalized spacial score (nSPS) is 16.1. The van der Waals surface area contributed by atoms with Crippen molar-refractivity contribution in [2.45, 2.75) is 38.6 Å². The average molecular weight is 277 g/mol. The number of carbonyl (C=O) groups is 2. The topological polar surface area (TPSA) is 75.6 Å². The van der Waals surface area contributed by atoms with Gasteiger partial charge in [-0.3, -0.25) is 4.79 Å². The van der Waals surface area contributed by atoms with E-state index in [9.17, 15) is 9.59 Å². The minimum absolute atomic E-state index is 0.169. The van der Waals surface area contributed by atoms with Crippen LogP contribution in [0.5, 0.6) is 5.75 Å². The van der Waals surface area contributed by atoms with Gasteiger partial charge in [0.1, 0.15) is 11.3 Å². The first kappa shape index (κ1) is 14.4. The van der Waals surface area contributed by atoms with Crippen LogP contribution in [0, 0.1) is 13.8 Å². The number of hydrogen-bond acceptors (Lipinski definition) is 3. The lowest BCUT2D eigenvalue weighted by molar-refractivity contribution is -0.152. The molecule has 0 aliphatic heterocycles. The maximum atomic E-state index is 11.8. The molecule has 0 radical (unpaired) electrons. The largest absolute Gasteiger partial charge is 0.484 e. The maximum absolute atomic E-state index is 11.8. The van der Waals surface area contributed by atoms with Gasteiger partial charge < -0.3 is 15.2 Å². The van der Waals surface area contributed by atoms with Crippen LogP contribution in [0.25, 0.3) is 0 Å². The van der Waals surface area contributed by atoms with Crippen LogP contribution in [-0.4, -0.2) is 29.1 Å². The summed E-state index contributed by atoms with van der Waals surface area (Å²) in [5.41, 5.74) is 1.16. The van der Waals surface area contributed by atoms with Gasteiger partial charge in [0.25, 0.3) is 5.91 Å². The van der Waals surface area contributed by atoms with Gasteiger partial charge >= 0.3 is 5.97 Å². The predicted molar refractivity (Wildman–Crippen MR) is 73.8 cm³/mol.